The van der Waals surface area contributed by atoms with Crippen LogP contribution >= 0.6 is 17.1 Å². The van der Waals surface area contributed by atoms with Gasteiger partial charge in [-0.2, -0.15) is 0 Å². The molecule has 1 aromatic carbocycles. The van der Waals surface area contributed by atoms with Crippen molar-refractivity contribution in [2.24, 2.45) is 0 Å². The summed E-state index contributed by atoms with van der Waals surface area (Å²) in [6, 6.07) is 3.56. The van der Waals surface area contributed by atoms with E-state index in [4.69, 9.17) is 23.0 Å². The van der Waals surface area contributed by atoms with Gasteiger partial charge in [0, 0.05) is 11.8 Å². The van der Waals surface area contributed by atoms with Gasteiger partial charge in [-0.05, 0) is 44.4 Å². The van der Waals surface area contributed by atoms with Gasteiger partial charge in [0.1, 0.15) is 0 Å². The molecule has 7 nitrogen and oxygen atoms in total. The molecular formula is C21H37NO6P2. The molecule has 1 fully saturated rings. The van der Waals surface area contributed by atoms with Gasteiger partial charge >= 0.3 is 7.82 Å². The predicted molar refractivity (Wildman–Crippen MR) is 123 cm³/mol. The second kappa shape index (κ2) is 12.3. The molecule has 9 heteroatoms. The number of aryl methyl sites for hydroxylation is 1. The number of hydrogen-bond acceptors (Lipinski definition) is 7. The molecule has 1 aromatic rings. The maximum atomic E-state index is 13.2. The average molecular weight is 461 g/mol. The van der Waals surface area contributed by atoms with Gasteiger partial charge in [0.25, 0.3) is 0 Å². The van der Waals surface area contributed by atoms with Crippen molar-refractivity contribution in [2.75, 3.05) is 34.0 Å². The van der Waals surface area contributed by atoms with E-state index in [1.807, 2.05) is 6.92 Å². The first-order chi connectivity index (χ1) is 14.3. The summed E-state index contributed by atoms with van der Waals surface area (Å²) in [7, 11) is 2.16. The van der Waals surface area contributed by atoms with Gasteiger partial charge < -0.3 is 19.3 Å². The molecule has 0 heterocycles. The molecule has 2 unspecified atom stereocenters. The monoisotopic (exact) mass is 461 g/mol. The van der Waals surface area contributed by atoms with Crippen LogP contribution in [0.25, 0.3) is 0 Å². The minimum absolute atomic E-state index is 0.00361. The minimum atomic E-state index is -3.85. The van der Waals surface area contributed by atoms with Gasteiger partial charge in [-0.15, -0.1) is 9.24 Å². The van der Waals surface area contributed by atoms with E-state index in [0.717, 1.165) is 18.4 Å². The number of benzene rings is 1. The van der Waals surface area contributed by atoms with Gasteiger partial charge in [-0.25, -0.2) is 4.57 Å². The lowest BCUT2D eigenvalue weighted by atomic mass is 9.96. The third-order valence-electron chi connectivity index (χ3n) is 5.17. The first-order valence-electron chi connectivity index (χ1n) is 10.7. The Hall–Kier alpha value is -0.840. The molecule has 0 aliphatic heterocycles. The average Bonchev–Trinajstić information content (AvgIpc) is 2.70. The van der Waals surface area contributed by atoms with Gasteiger partial charge in [0.05, 0.1) is 27.4 Å². The Morgan fingerprint density at radius 2 is 1.60 bits per heavy atom. The third kappa shape index (κ3) is 7.69. The van der Waals surface area contributed by atoms with Crippen molar-refractivity contribution >= 4 is 17.1 Å². The normalized spacial score (nSPS) is 18.7. The summed E-state index contributed by atoms with van der Waals surface area (Å²) in [6.45, 7) is 4.59. The van der Waals surface area contributed by atoms with E-state index < -0.39 is 7.82 Å². The lowest BCUT2D eigenvalue weighted by Crippen LogP contribution is -2.41. The number of phosphoric acid groups is 1. The van der Waals surface area contributed by atoms with Crippen LogP contribution in [0.15, 0.2) is 12.1 Å². The molecule has 0 bridgehead atoms. The quantitative estimate of drug-likeness (QED) is 0.347. The number of rotatable bonds is 11. The van der Waals surface area contributed by atoms with Crippen molar-refractivity contribution in [2.45, 2.75) is 64.1 Å². The molecule has 0 amide bonds. The SMILES string of the molecule is CCOP(=O)(OCCNC1(P)CCCCCCC1)Oc1c(OC)cc(C)cc1OC. The molecule has 1 saturated carbocycles. The third-order valence-corrected chi connectivity index (χ3v) is 7.43. The smallest absolute Gasteiger partial charge is 0.493 e. The molecule has 172 valence electrons. The van der Waals surface area contributed by atoms with E-state index in [1.54, 1.807) is 19.1 Å². The van der Waals surface area contributed by atoms with Crippen LogP contribution in [0.4, 0.5) is 0 Å². The highest BCUT2D eigenvalue weighted by Gasteiger charge is 2.32. The largest absolute Gasteiger partial charge is 0.530 e. The van der Waals surface area contributed by atoms with Crippen LogP contribution in [0.1, 0.15) is 57.4 Å². The topological polar surface area (TPSA) is 75.3 Å². The molecule has 0 saturated heterocycles. The van der Waals surface area contributed by atoms with Crippen LogP contribution in [0.3, 0.4) is 0 Å². The standard InChI is InChI=1S/C21H37NO6P2/c1-5-26-30(23,28-20-18(24-3)15-17(2)16-19(20)25-4)27-14-13-22-21(29)11-9-7-6-8-10-12-21/h15-16,22H,5-14,29H2,1-4H3. The van der Waals surface area contributed by atoms with Crippen LogP contribution in [-0.4, -0.2) is 39.3 Å². The van der Waals surface area contributed by atoms with Crippen molar-refractivity contribution in [1.29, 1.82) is 0 Å². The summed E-state index contributed by atoms with van der Waals surface area (Å²) < 4.78 is 40.7. The lowest BCUT2D eigenvalue weighted by molar-refractivity contribution is 0.155. The second-order valence-corrected chi connectivity index (χ2v) is 10.3. The first kappa shape index (κ1) is 25.4. The van der Waals surface area contributed by atoms with E-state index in [1.165, 1.54) is 46.3 Å². The number of phosphoric ester groups is 1. The Morgan fingerprint density at radius 3 is 2.13 bits per heavy atom. The van der Waals surface area contributed by atoms with Crippen LogP contribution < -0.4 is 19.3 Å². The molecule has 2 rings (SSSR count). The highest BCUT2D eigenvalue weighted by Crippen LogP contribution is 2.54. The Labute approximate surface area is 183 Å². The fraction of sp³-hybridized carbons (Fsp3) is 0.714. The van der Waals surface area contributed by atoms with Crippen LogP contribution in [0.2, 0.25) is 0 Å². The van der Waals surface area contributed by atoms with E-state index in [2.05, 4.69) is 14.6 Å². The van der Waals surface area contributed by atoms with E-state index in [0.29, 0.717) is 18.0 Å². The Kier molecular flexibility index (Phi) is 10.4. The first-order valence-corrected chi connectivity index (χ1v) is 12.7. The fourth-order valence-electron chi connectivity index (χ4n) is 3.63. The molecular weight excluding hydrogens is 424 g/mol. The van der Waals surface area contributed by atoms with Crippen LogP contribution in [0, 0.1) is 6.92 Å². The highest BCUT2D eigenvalue weighted by molar-refractivity contribution is 7.48. The van der Waals surface area contributed by atoms with Crippen molar-refractivity contribution in [1.82, 2.24) is 5.32 Å². The molecule has 0 radical (unpaired) electrons. The van der Waals surface area contributed by atoms with Crippen molar-refractivity contribution in [3.63, 3.8) is 0 Å². The van der Waals surface area contributed by atoms with E-state index in [9.17, 15) is 4.57 Å². The van der Waals surface area contributed by atoms with Crippen molar-refractivity contribution in [3.05, 3.63) is 17.7 Å². The molecule has 0 spiro atoms. The maximum Gasteiger partial charge on any atom is 0.530 e. The Balaban J connectivity index is 2.02. The second-order valence-electron chi connectivity index (χ2n) is 7.64. The Bertz CT molecular complexity index is 682. The zero-order valence-electron chi connectivity index (χ0n) is 18.7. The van der Waals surface area contributed by atoms with Crippen molar-refractivity contribution in [3.8, 4) is 17.2 Å². The number of hydrogen-bond donors (Lipinski definition) is 1. The molecule has 1 N–H and O–H groups in total. The highest BCUT2D eigenvalue weighted by atomic mass is 31.2. The maximum absolute atomic E-state index is 13.2. The van der Waals surface area contributed by atoms with Gasteiger partial charge in [0.2, 0.25) is 5.75 Å². The summed E-state index contributed by atoms with van der Waals surface area (Å²) in [4.78, 5) is 0. The number of methoxy groups -OCH3 is 2. The van der Waals surface area contributed by atoms with Crippen LogP contribution in [-0.2, 0) is 13.6 Å². The van der Waals surface area contributed by atoms with E-state index in [-0.39, 0.29) is 24.2 Å². The van der Waals surface area contributed by atoms with E-state index >= 15 is 0 Å². The summed E-state index contributed by atoms with van der Waals surface area (Å²) in [6.07, 6.45) is 8.52. The number of nitrogens with one attached hydrogen (secondary N) is 1. The minimum Gasteiger partial charge on any atom is -0.493 e. The molecule has 1 aliphatic rings. The molecule has 0 aromatic heterocycles. The van der Waals surface area contributed by atoms with Gasteiger partial charge in [-0.1, -0.05) is 32.1 Å². The zero-order chi connectivity index (χ0) is 22.0. The Morgan fingerprint density at radius 1 is 1.03 bits per heavy atom. The summed E-state index contributed by atoms with van der Waals surface area (Å²) in [5.74, 6) is 1.02. The van der Waals surface area contributed by atoms with Crippen LogP contribution in [0.5, 0.6) is 17.2 Å². The predicted octanol–water partition coefficient (Wildman–Crippen LogP) is 5.46. The molecule has 1 aliphatic carbocycles. The summed E-state index contributed by atoms with van der Waals surface area (Å²) >= 11 is 0. The fourth-order valence-corrected chi connectivity index (χ4v) is 5.40. The molecule has 30 heavy (non-hydrogen) atoms. The zero-order valence-corrected chi connectivity index (χ0v) is 20.7. The summed E-state index contributed by atoms with van der Waals surface area (Å²) in [5, 5.41) is 3.56. The molecule has 2 atom stereocenters. The summed E-state index contributed by atoms with van der Waals surface area (Å²) in [5.41, 5.74) is 0.928. The lowest BCUT2D eigenvalue weighted by Gasteiger charge is -2.32. The van der Waals surface area contributed by atoms with Gasteiger partial charge in [-0.3, -0.25) is 9.05 Å². The van der Waals surface area contributed by atoms with Gasteiger partial charge in [0.15, 0.2) is 11.5 Å². The van der Waals surface area contributed by atoms with Crippen molar-refractivity contribution < 1.29 is 27.6 Å². The number of ether oxygens (including phenoxy) is 2.